The summed E-state index contributed by atoms with van der Waals surface area (Å²) < 4.78 is 29.5. The zero-order valence-electron chi connectivity index (χ0n) is 31.4. The van der Waals surface area contributed by atoms with Gasteiger partial charge < -0.3 is 24.0 Å². The van der Waals surface area contributed by atoms with Crippen molar-refractivity contribution in [2.24, 2.45) is 0 Å². The van der Waals surface area contributed by atoms with Gasteiger partial charge in [0.05, 0.1) is 36.7 Å². The Balaban J connectivity index is 1.15. The number of H-pyrrole nitrogens is 1. The standard InChI is InChI=1S/C36H47N7O8S2Si/c1-21-15-42(35(47)41-33(21)45)28-13-24(27(50-28)17-53-22(2)44)48-20-52-16-26-25(51-54(6,7)36(3,4)5)14-29(49-26)43-19-39-30-31(37-18-38-32(30)43)40-34(46)23-11-9-8-10-12-23/h8-12,15,18-19,24-29H,13-14,16-17,20H2,1-7H3,(H,41,45,47)(H,37,38,40,46)/t24-,25-,26+,27+,28+,29+/m0/s1. The first kappa shape index (κ1) is 40.0. The monoisotopic (exact) mass is 797 g/mol. The van der Waals surface area contributed by atoms with E-state index in [1.165, 1.54) is 24.0 Å². The zero-order valence-corrected chi connectivity index (χ0v) is 34.1. The highest BCUT2D eigenvalue weighted by Crippen LogP contribution is 2.42. The number of rotatable bonds is 13. The van der Waals surface area contributed by atoms with Crippen molar-refractivity contribution in [3.8, 4) is 0 Å². The average Bonchev–Trinajstić information content (AvgIpc) is 3.84. The maximum atomic E-state index is 12.9. The van der Waals surface area contributed by atoms with Crippen molar-refractivity contribution in [1.82, 2.24) is 29.1 Å². The second-order valence-corrected chi connectivity index (χ2v) is 21.9. The molecule has 2 aliphatic rings. The Morgan fingerprint density at radius 3 is 2.39 bits per heavy atom. The number of carbonyl (C=O) groups is 2. The molecule has 0 bridgehead atoms. The van der Waals surface area contributed by atoms with Crippen LogP contribution >= 0.6 is 23.5 Å². The third-order valence-corrected chi connectivity index (χ3v) is 16.4. The number of benzene rings is 1. The first-order chi connectivity index (χ1) is 25.6. The molecule has 0 spiro atoms. The molecule has 0 unspecified atom stereocenters. The van der Waals surface area contributed by atoms with Crippen LogP contribution in [0.1, 0.15) is 68.9 Å². The summed E-state index contributed by atoms with van der Waals surface area (Å²) in [5.74, 6) is 1.26. The highest BCUT2D eigenvalue weighted by molar-refractivity contribution is 8.13. The van der Waals surface area contributed by atoms with Gasteiger partial charge in [0.25, 0.3) is 11.5 Å². The van der Waals surface area contributed by atoms with Crippen LogP contribution in [0.25, 0.3) is 11.2 Å². The van der Waals surface area contributed by atoms with E-state index >= 15 is 0 Å². The molecule has 15 nitrogen and oxygen atoms in total. The predicted molar refractivity (Wildman–Crippen MR) is 210 cm³/mol. The van der Waals surface area contributed by atoms with Crippen molar-refractivity contribution in [2.45, 2.75) is 102 Å². The first-order valence-corrected chi connectivity index (χ1v) is 22.8. The number of hydrogen-bond donors (Lipinski definition) is 2. The molecule has 2 fully saturated rings. The van der Waals surface area contributed by atoms with Crippen LogP contribution in [0.2, 0.25) is 18.1 Å². The van der Waals surface area contributed by atoms with Crippen LogP contribution in [0.3, 0.4) is 0 Å². The predicted octanol–water partition coefficient (Wildman–Crippen LogP) is 5.26. The van der Waals surface area contributed by atoms with E-state index in [0.29, 0.717) is 58.4 Å². The molecule has 2 saturated heterocycles. The van der Waals surface area contributed by atoms with Crippen LogP contribution in [0.15, 0.2) is 58.8 Å². The Labute approximate surface area is 322 Å². The van der Waals surface area contributed by atoms with Gasteiger partial charge in [-0.05, 0) is 37.2 Å². The molecule has 5 heterocycles. The molecule has 1 amide bonds. The van der Waals surface area contributed by atoms with Crippen LogP contribution < -0.4 is 16.6 Å². The number of carbonyl (C=O) groups excluding carboxylic acids is 2. The Bertz CT molecular complexity index is 2090. The van der Waals surface area contributed by atoms with E-state index in [1.54, 1.807) is 49.3 Å². The molecule has 54 heavy (non-hydrogen) atoms. The number of ether oxygens (including phenoxy) is 3. The number of imidazole rings is 1. The number of nitrogens with zero attached hydrogens (tertiary/aromatic N) is 5. The lowest BCUT2D eigenvalue weighted by Crippen LogP contribution is -2.46. The van der Waals surface area contributed by atoms with Crippen molar-refractivity contribution >= 4 is 59.8 Å². The number of amides is 1. The molecule has 3 aromatic heterocycles. The van der Waals surface area contributed by atoms with E-state index < -0.39 is 44.2 Å². The van der Waals surface area contributed by atoms with Gasteiger partial charge >= 0.3 is 5.69 Å². The number of fused-ring (bicyclic) bond motifs is 1. The van der Waals surface area contributed by atoms with Gasteiger partial charge in [0.1, 0.15) is 18.8 Å². The van der Waals surface area contributed by atoms with E-state index in [4.69, 9.17) is 18.6 Å². The van der Waals surface area contributed by atoms with Gasteiger partial charge in [-0.25, -0.2) is 19.7 Å². The van der Waals surface area contributed by atoms with Crippen molar-refractivity contribution in [1.29, 1.82) is 0 Å². The Morgan fingerprint density at radius 1 is 1.00 bits per heavy atom. The molecule has 2 aliphatic heterocycles. The summed E-state index contributed by atoms with van der Waals surface area (Å²) in [6.45, 7) is 14.2. The third-order valence-electron chi connectivity index (χ3n) is 10.1. The summed E-state index contributed by atoms with van der Waals surface area (Å²) >= 11 is 2.70. The lowest BCUT2D eigenvalue weighted by molar-refractivity contribution is -0.109. The highest BCUT2D eigenvalue weighted by Gasteiger charge is 2.45. The summed E-state index contributed by atoms with van der Waals surface area (Å²) in [5, 5.41) is 2.80. The van der Waals surface area contributed by atoms with E-state index in [0.717, 1.165) is 11.8 Å². The van der Waals surface area contributed by atoms with Gasteiger partial charge in [0.15, 0.2) is 30.4 Å². The van der Waals surface area contributed by atoms with Gasteiger partial charge in [0, 0.05) is 48.6 Å². The fourth-order valence-corrected chi connectivity index (χ4v) is 9.06. The summed E-state index contributed by atoms with van der Waals surface area (Å²) in [6, 6.07) is 8.90. The average molecular weight is 798 g/mol. The molecule has 6 rings (SSSR count). The summed E-state index contributed by atoms with van der Waals surface area (Å²) in [6.07, 6.45) is 3.08. The quantitative estimate of drug-likeness (QED) is 0.102. The van der Waals surface area contributed by atoms with Crippen LogP contribution in [0.4, 0.5) is 5.82 Å². The summed E-state index contributed by atoms with van der Waals surface area (Å²) in [4.78, 5) is 65.0. The number of hydrogen-bond acceptors (Lipinski definition) is 13. The second kappa shape index (κ2) is 16.6. The molecule has 290 valence electrons. The van der Waals surface area contributed by atoms with Crippen LogP contribution in [0, 0.1) is 6.92 Å². The van der Waals surface area contributed by atoms with Crippen LogP contribution in [-0.4, -0.2) is 90.3 Å². The Hall–Kier alpha value is -3.65. The molecule has 1 aromatic carbocycles. The van der Waals surface area contributed by atoms with Gasteiger partial charge in [-0.15, -0.1) is 11.8 Å². The molecule has 4 aromatic rings. The zero-order chi connectivity index (χ0) is 38.8. The second-order valence-electron chi connectivity index (χ2n) is 15.0. The molecular weight excluding hydrogens is 751 g/mol. The number of thioether (sulfide) groups is 2. The normalized spacial score (nSPS) is 23.2. The largest absolute Gasteiger partial charge is 0.411 e. The Morgan fingerprint density at radius 2 is 1.69 bits per heavy atom. The number of anilines is 1. The van der Waals surface area contributed by atoms with Gasteiger partial charge in [-0.2, -0.15) is 0 Å². The van der Waals surface area contributed by atoms with Crippen molar-refractivity contribution in [3.05, 3.63) is 81.1 Å². The molecule has 0 saturated carbocycles. The molecule has 2 N–H and O–H groups in total. The van der Waals surface area contributed by atoms with E-state index in [-0.39, 0.29) is 28.3 Å². The van der Waals surface area contributed by atoms with Crippen LogP contribution in [0.5, 0.6) is 0 Å². The number of aromatic nitrogens is 6. The minimum atomic E-state index is -2.20. The smallest absolute Gasteiger partial charge is 0.330 e. The van der Waals surface area contributed by atoms with E-state index in [1.807, 2.05) is 10.6 Å². The Kier molecular flexibility index (Phi) is 12.3. The highest BCUT2D eigenvalue weighted by atomic mass is 32.2. The SMILES string of the molecule is CC(=O)SC[C@H]1O[C@@H](n2cc(C)c(=O)[nH]c2=O)C[C@@H]1OCSC[C@H]1O[C@@H](n2cnc3c(NC(=O)c4ccccc4)ncnc32)C[C@@H]1O[Si](C)(C)C(C)(C)C. The minimum absolute atomic E-state index is 0.0229. The fourth-order valence-electron chi connectivity index (χ4n) is 6.12. The lowest BCUT2D eigenvalue weighted by atomic mass is 10.2. The third kappa shape index (κ3) is 9.06. The molecule has 0 aliphatic carbocycles. The van der Waals surface area contributed by atoms with Crippen molar-refractivity contribution in [3.63, 3.8) is 0 Å². The van der Waals surface area contributed by atoms with Gasteiger partial charge in [0.2, 0.25) is 0 Å². The van der Waals surface area contributed by atoms with Gasteiger partial charge in [-0.3, -0.25) is 28.5 Å². The fraction of sp³-hybridized carbons (Fsp3) is 0.528. The summed E-state index contributed by atoms with van der Waals surface area (Å²) in [5.41, 5.74) is 0.873. The number of aromatic amines is 1. The minimum Gasteiger partial charge on any atom is -0.411 e. The lowest BCUT2D eigenvalue weighted by Gasteiger charge is -2.39. The number of aryl methyl sites for hydroxylation is 1. The first-order valence-electron chi connectivity index (χ1n) is 17.8. The maximum Gasteiger partial charge on any atom is 0.330 e. The van der Waals surface area contributed by atoms with E-state index in [9.17, 15) is 19.2 Å². The topological polar surface area (TPSA) is 182 Å². The van der Waals surface area contributed by atoms with Crippen molar-refractivity contribution in [2.75, 3.05) is 22.8 Å². The van der Waals surface area contributed by atoms with Gasteiger partial charge in [-0.1, -0.05) is 50.7 Å². The molecule has 18 heteroatoms. The number of nitrogens with one attached hydrogen (secondary N) is 2. The van der Waals surface area contributed by atoms with E-state index in [2.05, 4.69) is 59.1 Å². The maximum absolute atomic E-state index is 12.9. The van der Waals surface area contributed by atoms with Crippen LogP contribution in [-0.2, 0) is 23.4 Å². The molecule has 6 atom stereocenters. The summed E-state index contributed by atoms with van der Waals surface area (Å²) in [7, 11) is -2.20. The molecular formula is C36H47N7O8S2Si. The van der Waals surface area contributed by atoms with Crippen molar-refractivity contribution < 1.29 is 28.2 Å². The molecule has 0 radical (unpaired) electrons.